The molecule has 2 rings (SSSR count). The molecule has 0 amide bonds. The number of aromatic nitrogens is 2. The van der Waals surface area contributed by atoms with Crippen LogP contribution in [0.15, 0.2) is 4.42 Å². The molecular formula is C16H26N2O3. The number of hydrogen-bond donors (Lipinski definition) is 1. The molecule has 0 unspecified atom stereocenters. The zero-order valence-corrected chi connectivity index (χ0v) is 13.1. The minimum Gasteiger partial charge on any atom is -0.481 e. The molecular weight excluding hydrogens is 268 g/mol. The lowest BCUT2D eigenvalue weighted by molar-refractivity contribution is -0.139. The van der Waals surface area contributed by atoms with E-state index in [-0.39, 0.29) is 11.8 Å². The van der Waals surface area contributed by atoms with E-state index in [1.54, 1.807) is 0 Å². The number of aliphatic carboxylic acids is 1. The normalized spacial score (nSPS) is 18.2. The van der Waals surface area contributed by atoms with Crippen LogP contribution in [0.3, 0.4) is 0 Å². The van der Waals surface area contributed by atoms with Crippen LogP contribution in [0.4, 0.5) is 0 Å². The van der Waals surface area contributed by atoms with Gasteiger partial charge in [-0.3, -0.25) is 4.79 Å². The van der Waals surface area contributed by atoms with E-state index >= 15 is 0 Å². The van der Waals surface area contributed by atoms with Gasteiger partial charge in [-0.25, -0.2) is 0 Å². The molecule has 1 aromatic heterocycles. The fraction of sp³-hybridized carbons (Fsp3) is 0.812. The molecule has 0 spiro atoms. The van der Waals surface area contributed by atoms with Crippen molar-refractivity contribution in [1.82, 2.24) is 10.2 Å². The van der Waals surface area contributed by atoms with Crippen LogP contribution >= 0.6 is 0 Å². The van der Waals surface area contributed by atoms with Crippen LogP contribution in [0.25, 0.3) is 0 Å². The molecule has 21 heavy (non-hydrogen) atoms. The van der Waals surface area contributed by atoms with E-state index in [1.807, 2.05) is 13.8 Å². The highest BCUT2D eigenvalue weighted by Gasteiger charge is 2.26. The Morgan fingerprint density at radius 2 is 1.81 bits per heavy atom. The van der Waals surface area contributed by atoms with Crippen LogP contribution in [0.1, 0.15) is 82.9 Å². The van der Waals surface area contributed by atoms with E-state index in [0.29, 0.717) is 18.2 Å². The second-order valence-corrected chi connectivity index (χ2v) is 6.99. The molecule has 1 aliphatic carbocycles. The Hall–Kier alpha value is -1.39. The van der Waals surface area contributed by atoms with Crippen molar-refractivity contribution < 1.29 is 14.3 Å². The highest BCUT2D eigenvalue weighted by Crippen LogP contribution is 2.31. The van der Waals surface area contributed by atoms with Gasteiger partial charge in [-0.15, -0.1) is 10.2 Å². The van der Waals surface area contributed by atoms with E-state index in [0.717, 1.165) is 18.7 Å². The van der Waals surface area contributed by atoms with Crippen molar-refractivity contribution in [3.8, 4) is 0 Å². The SMILES string of the molecule is CC(C)(CC(=O)O)Cc1nnc(C2CCCCCCC2)o1. The summed E-state index contributed by atoms with van der Waals surface area (Å²) in [6.45, 7) is 3.83. The lowest BCUT2D eigenvalue weighted by Crippen LogP contribution is -2.19. The Labute approximate surface area is 126 Å². The van der Waals surface area contributed by atoms with Gasteiger partial charge in [-0.1, -0.05) is 46.0 Å². The van der Waals surface area contributed by atoms with Gasteiger partial charge in [0.15, 0.2) is 0 Å². The molecule has 5 nitrogen and oxygen atoms in total. The molecule has 0 saturated heterocycles. The summed E-state index contributed by atoms with van der Waals surface area (Å²) >= 11 is 0. The Balaban J connectivity index is 1.98. The monoisotopic (exact) mass is 294 g/mol. The molecule has 1 aromatic rings. The molecule has 0 bridgehead atoms. The first kappa shape index (κ1) is 16.0. The summed E-state index contributed by atoms with van der Waals surface area (Å²) in [4.78, 5) is 10.9. The van der Waals surface area contributed by atoms with E-state index < -0.39 is 5.97 Å². The Morgan fingerprint density at radius 1 is 1.19 bits per heavy atom. The maximum absolute atomic E-state index is 10.9. The summed E-state index contributed by atoms with van der Waals surface area (Å²) in [5.41, 5.74) is -0.365. The van der Waals surface area contributed by atoms with Gasteiger partial charge in [0, 0.05) is 12.3 Å². The number of rotatable bonds is 5. The van der Waals surface area contributed by atoms with Crippen molar-refractivity contribution in [2.75, 3.05) is 0 Å². The van der Waals surface area contributed by atoms with Crippen LogP contribution in [-0.4, -0.2) is 21.3 Å². The largest absolute Gasteiger partial charge is 0.481 e. The number of nitrogens with zero attached hydrogens (tertiary/aromatic N) is 2. The summed E-state index contributed by atoms with van der Waals surface area (Å²) in [6.07, 6.45) is 9.25. The molecule has 118 valence electrons. The quantitative estimate of drug-likeness (QED) is 0.890. The third-order valence-corrected chi connectivity index (χ3v) is 4.20. The highest BCUT2D eigenvalue weighted by molar-refractivity contribution is 5.67. The van der Waals surface area contributed by atoms with Gasteiger partial charge >= 0.3 is 5.97 Å². The van der Waals surface area contributed by atoms with Crippen molar-refractivity contribution in [3.05, 3.63) is 11.8 Å². The Bertz CT molecular complexity index is 460. The molecule has 0 aliphatic heterocycles. The number of hydrogen-bond acceptors (Lipinski definition) is 4. The Morgan fingerprint density at radius 3 is 2.43 bits per heavy atom. The molecule has 1 fully saturated rings. The molecule has 0 atom stereocenters. The van der Waals surface area contributed by atoms with E-state index in [4.69, 9.17) is 9.52 Å². The van der Waals surface area contributed by atoms with Crippen molar-refractivity contribution in [3.63, 3.8) is 0 Å². The predicted octanol–water partition coefficient (Wildman–Crippen LogP) is 3.94. The van der Waals surface area contributed by atoms with Gasteiger partial charge in [-0.05, 0) is 18.3 Å². The fourth-order valence-corrected chi connectivity index (χ4v) is 3.09. The zero-order chi connectivity index (χ0) is 15.3. The summed E-state index contributed by atoms with van der Waals surface area (Å²) in [6, 6.07) is 0. The molecule has 1 heterocycles. The smallest absolute Gasteiger partial charge is 0.303 e. The molecule has 1 saturated carbocycles. The van der Waals surface area contributed by atoms with Gasteiger partial charge < -0.3 is 9.52 Å². The van der Waals surface area contributed by atoms with Gasteiger partial charge in [0.1, 0.15) is 0 Å². The second kappa shape index (κ2) is 7.05. The van der Waals surface area contributed by atoms with E-state index in [9.17, 15) is 4.79 Å². The van der Waals surface area contributed by atoms with Crippen LogP contribution < -0.4 is 0 Å². The molecule has 5 heteroatoms. The van der Waals surface area contributed by atoms with Gasteiger partial charge in [0.05, 0.1) is 6.42 Å². The standard InChI is InChI=1S/C16H26N2O3/c1-16(2,11-14(19)20)10-13-17-18-15(21-13)12-8-6-4-3-5-7-9-12/h12H,3-11H2,1-2H3,(H,19,20). The molecule has 0 aromatic carbocycles. The van der Waals surface area contributed by atoms with Crippen molar-refractivity contribution in [2.45, 2.75) is 77.6 Å². The van der Waals surface area contributed by atoms with Gasteiger partial charge in [0.2, 0.25) is 11.8 Å². The summed E-state index contributed by atoms with van der Waals surface area (Å²) in [5, 5.41) is 17.3. The second-order valence-electron chi connectivity index (χ2n) is 6.99. The van der Waals surface area contributed by atoms with Gasteiger partial charge in [-0.2, -0.15) is 0 Å². The van der Waals surface area contributed by atoms with E-state index in [1.165, 1.54) is 32.1 Å². The average Bonchev–Trinajstić information content (AvgIpc) is 2.73. The summed E-state index contributed by atoms with van der Waals surface area (Å²) in [7, 11) is 0. The average molecular weight is 294 g/mol. The molecule has 1 aliphatic rings. The predicted molar refractivity (Wildman–Crippen MR) is 79.1 cm³/mol. The number of carbonyl (C=O) groups is 1. The third kappa shape index (κ3) is 5.14. The topological polar surface area (TPSA) is 76.2 Å². The van der Waals surface area contributed by atoms with Crippen molar-refractivity contribution in [2.24, 2.45) is 5.41 Å². The van der Waals surface area contributed by atoms with Crippen LogP contribution in [-0.2, 0) is 11.2 Å². The van der Waals surface area contributed by atoms with Crippen LogP contribution in [0, 0.1) is 5.41 Å². The third-order valence-electron chi connectivity index (χ3n) is 4.20. The first-order chi connectivity index (χ1) is 9.96. The molecule has 0 radical (unpaired) electrons. The first-order valence-electron chi connectivity index (χ1n) is 8.00. The number of carboxylic acids is 1. The van der Waals surface area contributed by atoms with Crippen LogP contribution in [0.5, 0.6) is 0 Å². The van der Waals surface area contributed by atoms with Crippen LogP contribution in [0.2, 0.25) is 0 Å². The summed E-state index contributed by atoms with van der Waals surface area (Å²) in [5.74, 6) is 0.908. The minimum atomic E-state index is -0.792. The highest BCUT2D eigenvalue weighted by atomic mass is 16.4. The van der Waals surface area contributed by atoms with Crippen molar-refractivity contribution in [1.29, 1.82) is 0 Å². The van der Waals surface area contributed by atoms with Crippen molar-refractivity contribution >= 4 is 5.97 Å². The first-order valence-corrected chi connectivity index (χ1v) is 8.00. The maximum Gasteiger partial charge on any atom is 0.303 e. The van der Waals surface area contributed by atoms with E-state index in [2.05, 4.69) is 10.2 Å². The lowest BCUT2D eigenvalue weighted by Gasteiger charge is -2.19. The number of carboxylic acid groups (broad SMARTS) is 1. The summed E-state index contributed by atoms with van der Waals surface area (Å²) < 4.78 is 5.82. The maximum atomic E-state index is 10.9. The fourth-order valence-electron chi connectivity index (χ4n) is 3.09. The minimum absolute atomic E-state index is 0.105. The zero-order valence-electron chi connectivity index (χ0n) is 13.1. The van der Waals surface area contributed by atoms with Gasteiger partial charge in [0.25, 0.3) is 0 Å². The molecule has 1 N–H and O–H groups in total. The Kier molecular flexibility index (Phi) is 5.37. The lowest BCUT2D eigenvalue weighted by atomic mass is 9.86.